The van der Waals surface area contributed by atoms with Gasteiger partial charge in [0.15, 0.2) is 6.29 Å². The van der Waals surface area contributed by atoms with Gasteiger partial charge in [0.25, 0.3) is 0 Å². The number of fused-ring (bicyclic) bond motifs is 2. The van der Waals surface area contributed by atoms with Gasteiger partial charge in [0, 0.05) is 32.7 Å². The fourth-order valence-corrected chi connectivity index (χ4v) is 4.84. The summed E-state index contributed by atoms with van der Waals surface area (Å²) in [5.41, 5.74) is 3.62. The zero-order valence-corrected chi connectivity index (χ0v) is 17.5. The van der Waals surface area contributed by atoms with Gasteiger partial charge in [0.05, 0.1) is 24.8 Å². The third kappa shape index (κ3) is 4.04. The van der Waals surface area contributed by atoms with E-state index < -0.39 is 6.10 Å². The van der Waals surface area contributed by atoms with Crippen molar-refractivity contribution in [2.75, 3.05) is 39.8 Å². The fourth-order valence-electron chi connectivity index (χ4n) is 4.84. The van der Waals surface area contributed by atoms with E-state index in [1.807, 2.05) is 6.07 Å². The van der Waals surface area contributed by atoms with E-state index in [1.165, 1.54) is 16.7 Å². The van der Waals surface area contributed by atoms with Crippen molar-refractivity contribution in [3.8, 4) is 11.1 Å². The summed E-state index contributed by atoms with van der Waals surface area (Å²) in [5.74, 6) is 0. The third-order valence-electron chi connectivity index (χ3n) is 6.69. The first kappa shape index (κ1) is 20.1. The van der Waals surface area contributed by atoms with Crippen molar-refractivity contribution in [1.29, 1.82) is 0 Å². The Morgan fingerprint density at radius 2 is 1.67 bits per heavy atom. The Morgan fingerprint density at radius 3 is 2.40 bits per heavy atom. The molecule has 2 aromatic rings. The summed E-state index contributed by atoms with van der Waals surface area (Å²) in [6.45, 7) is 5.10. The Bertz CT molecular complexity index is 823. The van der Waals surface area contributed by atoms with Crippen LogP contribution in [0.4, 0.5) is 0 Å². The lowest BCUT2D eigenvalue weighted by molar-refractivity contribution is -0.186. The maximum absolute atomic E-state index is 11.2. The van der Waals surface area contributed by atoms with Crippen LogP contribution in [0.15, 0.2) is 54.6 Å². The average molecular weight is 410 g/mol. The summed E-state index contributed by atoms with van der Waals surface area (Å²) in [6, 6.07) is 18.8. The lowest BCUT2D eigenvalue weighted by Crippen LogP contribution is -2.66. The number of aliphatic hydroxyl groups is 1. The maximum atomic E-state index is 11.2. The molecule has 6 heteroatoms. The molecule has 0 aliphatic carbocycles. The molecule has 30 heavy (non-hydrogen) atoms. The van der Waals surface area contributed by atoms with Gasteiger partial charge in [-0.25, -0.2) is 0 Å². The first-order chi connectivity index (χ1) is 14.7. The second-order valence-electron chi connectivity index (χ2n) is 8.67. The van der Waals surface area contributed by atoms with Gasteiger partial charge in [-0.05, 0) is 23.7 Å². The number of piperazine rings is 1. The minimum Gasteiger partial charge on any atom is -0.390 e. The Hall–Kier alpha value is -1.80. The second-order valence-corrected chi connectivity index (χ2v) is 8.67. The summed E-state index contributed by atoms with van der Waals surface area (Å²) >= 11 is 0. The first-order valence-electron chi connectivity index (χ1n) is 10.9. The molecular formula is C24H31N3O3. The number of nitrogens with one attached hydrogen (secondary N) is 1. The first-order valence-corrected chi connectivity index (χ1v) is 10.9. The Kier molecular flexibility index (Phi) is 5.87. The highest BCUT2D eigenvalue weighted by molar-refractivity contribution is 5.63. The van der Waals surface area contributed by atoms with Crippen LogP contribution < -0.4 is 5.32 Å². The van der Waals surface area contributed by atoms with Gasteiger partial charge >= 0.3 is 0 Å². The average Bonchev–Trinajstić information content (AvgIpc) is 3.21. The van der Waals surface area contributed by atoms with Crippen LogP contribution in [0.5, 0.6) is 0 Å². The highest BCUT2D eigenvalue weighted by Crippen LogP contribution is 2.32. The quantitative estimate of drug-likeness (QED) is 0.782. The topological polar surface area (TPSA) is 57.2 Å². The van der Waals surface area contributed by atoms with E-state index in [9.17, 15) is 5.11 Å². The van der Waals surface area contributed by atoms with Crippen LogP contribution in [0.2, 0.25) is 0 Å². The van der Waals surface area contributed by atoms with Gasteiger partial charge < -0.3 is 24.8 Å². The monoisotopic (exact) mass is 409 g/mol. The van der Waals surface area contributed by atoms with Crippen LogP contribution >= 0.6 is 0 Å². The highest BCUT2D eigenvalue weighted by Gasteiger charge is 2.52. The van der Waals surface area contributed by atoms with Crippen molar-refractivity contribution in [2.45, 2.75) is 37.1 Å². The van der Waals surface area contributed by atoms with Crippen LogP contribution in [-0.2, 0) is 16.0 Å². The molecule has 3 heterocycles. The summed E-state index contributed by atoms with van der Waals surface area (Å²) in [5, 5.41) is 14.8. The molecule has 0 aromatic heterocycles. The van der Waals surface area contributed by atoms with Crippen LogP contribution in [0.25, 0.3) is 11.1 Å². The van der Waals surface area contributed by atoms with Crippen molar-refractivity contribution >= 4 is 0 Å². The van der Waals surface area contributed by atoms with Crippen LogP contribution in [-0.4, -0.2) is 85.3 Å². The van der Waals surface area contributed by atoms with Crippen molar-refractivity contribution in [2.24, 2.45) is 0 Å². The number of nitrogens with zero attached hydrogens (tertiary/aromatic N) is 2. The van der Waals surface area contributed by atoms with Crippen molar-refractivity contribution in [3.05, 3.63) is 60.2 Å². The van der Waals surface area contributed by atoms with Crippen molar-refractivity contribution in [3.63, 3.8) is 0 Å². The van der Waals surface area contributed by atoms with Crippen LogP contribution in [0, 0.1) is 0 Å². The highest BCUT2D eigenvalue weighted by atomic mass is 16.7. The largest absolute Gasteiger partial charge is 0.390 e. The van der Waals surface area contributed by atoms with Gasteiger partial charge in [-0.15, -0.1) is 0 Å². The molecule has 2 bridgehead atoms. The molecule has 0 radical (unpaired) electrons. The molecule has 2 N–H and O–H groups in total. The molecule has 160 valence electrons. The zero-order valence-electron chi connectivity index (χ0n) is 17.5. The van der Waals surface area contributed by atoms with Crippen LogP contribution in [0.3, 0.4) is 0 Å². The van der Waals surface area contributed by atoms with Gasteiger partial charge in [-0.1, -0.05) is 54.6 Å². The molecule has 0 spiro atoms. The minimum absolute atomic E-state index is 0.0997. The molecule has 3 saturated heterocycles. The summed E-state index contributed by atoms with van der Waals surface area (Å²) in [4.78, 5) is 4.65. The third-order valence-corrected chi connectivity index (χ3v) is 6.69. The van der Waals surface area contributed by atoms with Gasteiger partial charge in [-0.3, -0.25) is 4.90 Å². The van der Waals surface area contributed by atoms with E-state index in [1.54, 1.807) is 0 Å². The lowest BCUT2D eigenvalue weighted by atomic mass is 9.94. The maximum Gasteiger partial charge on any atom is 0.176 e. The van der Waals surface area contributed by atoms with E-state index in [4.69, 9.17) is 9.47 Å². The van der Waals surface area contributed by atoms with Crippen molar-refractivity contribution < 1.29 is 14.6 Å². The molecule has 3 fully saturated rings. The Labute approximate surface area is 178 Å². The molecule has 2 aromatic carbocycles. The van der Waals surface area contributed by atoms with Gasteiger partial charge in [0.2, 0.25) is 0 Å². The standard InChI is InChI=1S/C24H31N3O3/c1-26-11-13-27(14-12-26)22-23(28)21(20-16-29-24(22)30-20)25-15-17-7-9-19(10-8-17)18-5-3-2-4-6-18/h2-10,20-25,28H,11-16H2,1H3/t20-,21+,22-,23-,24+/m0/s1. The summed E-state index contributed by atoms with van der Waals surface area (Å²) < 4.78 is 12.0. The molecule has 6 nitrogen and oxygen atoms in total. The van der Waals surface area contributed by atoms with Gasteiger partial charge in [-0.2, -0.15) is 0 Å². The predicted molar refractivity (Wildman–Crippen MR) is 116 cm³/mol. The van der Waals surface area contributed by atoms with Crippen LogP contribution in [0.1, 0.15) is 5.56 Å². The molecule has 5 rings (SSSR count). The Morgan fingerprint density at radius 1 is 0.967 bits per heavy atom. The molecule has 5 atom stereocenters. The number of hydrogen-bond donors (Lipinski definition) is 2. The molecular weight excluding hydrogens is 378 g/mol. The normalized spacial score (nSPS) is 32.4. The minimum atomic E-state index is -0.511. The number of hydrogen-bond acceptors (Lipinski definition) is 6. The number of benzene rings is 2. The van der Waals surface area contributed by atoms with E-state index in [0.717, 1.165) is 26.2 Å². The zero-order chi connectivity index (χ0) is 20.5. The molecule has 3 aliphatic heterocycles. The number of aliphatic hydroxyl groups excluding tert-OH is 1. The molecule has 0 unspecified atom stereocenters. The van der Waals surface area contributed by atoms with E-state index >= 15 is 0 Å². The van der Waals surface area contributed by atoms with E-state index in [-0.39, 0.29) is 24.5 Å². The second kappa shape index (κ2) is 8.75. The van der Waals surface area contributed by atoms with E-state index in [0.29, 0.717) is 13.2 Å². The fraction of sp³-hybridized carbons (Fsp3) is 0.500. The lowest BCUT2D eigenvalue weighted by Gasteiger charge is -2.46. The summed E-state index contributed by atoms with van der Waals surface area (Å²) in [7, 11) is 2.14. The molecule has 0 saturated carbocycles. The molecule has 0 amide bonds. The number of likely N-dealkylation sites (N-methyl/N-ethyl adjacent to an activating group) is 1. The smallest absolute Gasteiger partial charge is 0.176 e. The summed E-state index contributed by atoms with van der Waals surface area (Å²) in [6.07, 6.45) is -0.933. The Balaban J connectivity index is 1.24. The predicted octanol–water partition coefficient (Wildman–Crippen LogP) is 1.54. The SMILES string of the molecule is CN1CCN([C@@H]2[C@@H]3OC[C@H](O3)[C@@H](NCc3ccc(-c4ccccc4)cc3)[C@@H]2O)CC1. The molecule has 3 aliphatic rings. The van der Waals surface area contributed by atoms with E-state index in [2.05, 4.69) is 70.7 Å². The number of ether oxygens (including phenoxy) is 2. The number of rotatable bonds is 5. The van der Waals surface area contributed by atoms with Crippen molar-refractivity contribution in [1.82, 2.24) is 15.1 Å². The van der Waals surface area contributed by atoms with Gasteiger partial charge in [0.1, 0.15) is 6.10 Å².